The SMILES string of the molecule is CCCC(C)S(=O)(=O)c1cc(N)cc(F)c1. The van der Waals surface area contributed by atoms with Gasteiger partial charge in [-0.3, -0.25) is 0 Å². The summed E-state index contributed by atoms with van der Waals surface area (Å²) in [4.78, 5) is -0.0362. The summed E-state index contributed by atoms with van der Waals surface area (Å²) in [5.74, 6) is -0.623. The van der Waals surface area contributed by atoms with Gasteiger partial charge in [-0.1, -0.05) is 13.3 Å². The van der Waals surface area contributed by atoms with Crippen molar-refractivity contribution in [1.29, 1.82) is 0 Å². The van der Waals surface area contributed by atoms with Gasteiger partial charge in [-0.25, -0.2) is 12.8 Å². The maximum Gasteiger partial charge on any atom is 0.181 e. The zero-order valence-corrected chi connectivity index (χ0v) is 10.2. The molecular formula is C11H16FNO2S. The van der Waals surface area contributed by atoms with E-state index in [-0.39, 0.29) is 10.6 Å². The molecule has 1 unspecified atom stereocenters. The fraction of sp³-hybridized carbons (Fsp3) is 0.455. The first-order valence-electron chi connectivity index (χ1n) is 5.18. The predicted octanol–water partition coefficient (Wildman–Crippen LogP) is 2.37. The lowest BCUT2D eigenvalue weighted by molar-refractivity contribution is 0.572. The van der Waals surface area contributed by atoms with E-state index in [4.69, 9.17) is 5.73 Å². The van der Waals surface area contributed by atoms with Crippen LogP contribution in [0, 0.1) is 5.82 Å². The second kappa shape index (κ2) is 4.82. The van der Waals surface area contributed by atoms with Gasteiger partial charge in [-0.15, -0.1) is 0 Å². The predicted molar refractivity (Wildman–Crippen MR) is 62.4 cm³/mol. The van der Waals surface area contributed by atoms with E-state index in [1.165, 1.54) is 6.07 Å². The number of benzene rings is 1. The van der Waals surface area contributed by atoms with Crippen LogP contribution in [0.5, 0.6) is 0 Å². The van der Waals surface area contributed by atoms with Crippen LogP contribution in [0.3, 0.4) is 0 Å². The van der Waals surface area contributed by atoms with E-state index >= 15 is 0 Å². The maximum absolute atomic E-state index is 13.1. The molecule has 0 bridgehead atoms. The Morgan fingerprint density at radius 1 is 1.38 bits per heavy atom. The van der Waals surface area contributed by atoms with Gasteiger partial charge in [0.2, 0.25) is 0 Å². The first kappa shape index (κ1) is 13.0. The Labute approximate surface area is 95.4 Å². The highest BCUT2D eigenvalue weighted by Crippen LogP contribution is 2.22. The van der Waals surface area contributed by atoms with Gasteiger partial charge in [0.15, 0.2) is 9.84 Å². The number of nitrogen functional groups attached to an aromatic ring is 1. The third-order valence-electron chi connectivity index (χ3n) is 2.45. The van der Waals surface area contributed by atoms with Crippen molar-refractivity contribution in [3.8, 4) is 0 Å². The lowest BCUT2D eigenvalue weighted by Crippen LogP contribution is -2.18. The molecular weight excluding hydrogens is 229 g/mol. The lowest BCUT2D eigenvalue weighted by atomic mass is 10.3. The molecule has 90 valence electrons. The topological polar surface area (TPSA) is 60.2 Å². The van der Waals surface area contributed by atoms with Crippen LogP contribution in [0.15, 0.2) is 23.1 Å². The molecule has 0 aromatic heterocycles. The van der Waals surface area contributed by atoms with Gasteiger partial charge in [0.1, 0.15) is 5.82 Å². The van der Waals surface area contributed by atoms with Gasteiger partial charge in [0, 0.05) is 5.69 Å². The molecule has 1 aromatic carbocycles. The monoisotopic (exact) mass is 245 g/mol. The van der Waals surface area contributed by atoms with E-state index in [1.54, 1.807) is 6.92 Å². The molecule has 1 aromatic rings. The molecule has 0 saturated heterocycles. The van der Waals surface area contributed by atoms with Crippen LogP contribution >= 0.6 is 0 Å². The fourth-order valence-electron chi connectivity index (χ4n) is 1.54. The molecule has 0 aliphatic heterocycles. The summed E-state index contributed by atoms with van der Waals surface area (Å²) in [6.07, 6.45) is 1.32. The summed E-state index contributed by atoms with van der Waals surface area (Å²) in [7, 11) is -3.47. The standard InChI is InChI=1S/C11H16FNO2S/c1-3-4-8(2)16(14,15)11-6-9(12)5-10(13)7-11/h5-8H,3-4,13H2,1-2H3. The Bertz CT molecular complexity index is 451. The van der Waals surface area contributed by atoms with E-state index in [2.05, 4.69) is 0 Å². The molecule has 0 aliphatic carbocycles. The fourth-order valence-corrected chi connectivity index (χ4v) is 3.13. The Balaban J connectivity index is 3.16. The third kappa shape index (κ3) is 2.72. The number of hydrogen-bond acceptors (Lipinski definition) is 3. The molecule has 1 atom stereocenters. The second-order valence-corrected chi connectivity index (χ2v) is 6.23. The van der Waals surface area contributed by atoms with Crippen molar-refractivity contribution < 1.29 is 12.8 Å². The largest absolute Gasteiger partial charge is 0.399 e. The van der Waals surface area contributed by atoms with E-state index in [0.29, 0.717) is 6.42 Å². The summed E-state index contributed by atoms with van der Waals surface area (Å²) in [5.41, 5.74) is 5.55. The van der Waals surface area contributed by atoms with Crippen molar-refractivity contribution in [3.05, 3.63) is 24.0 Å². The first-order valence-corrected chi connectivity index (χ1v) is 6.72. The maximum atomic E-state index is 13.1. The van der Waals surface area contributed by atoms with Crippen molar-refractivity contribution in [2.45, 2.75) is 36.8 Å². The van der Waals surface area contributed by atoms with E-state index in [0.717, 1.165) is 18.6 Å². The van der Waals surface area contributed by atoms with Gasteiger partial charge >= 0.3 is 0 Å². The Morgan fingerprint density at radius 2 is 2.00 bits per heavy atom. The van der Waals surface area contributed by atoms with Gasteiger partial charge in [0.05, 0.1) is 10.1 Å². The normalized spacial score (nSPS) is 13.7. The molecule has 0 saturated carbocycles. The minimum absolute atomic E-state index is 0.0362. The Hall–Kier alpha value is -1.10. The third-order valence-corrected chi connectivity index (χ3v) is 4.63. The molecule has 0 aliphatic rings. The van der Waals surface area contributed by atoms with Crippen molar-refractivity contribution in [1.82, 2.24) is 0 Å². The van der Waals surface area contributed by atoms with Crippen molar-refractivity contribution >= 4 is 15.5 Å². The minimum Gasteiger partial charge on any atom is -0.399 e. The van der Waals surface area contributed by atoms with E-state index < -0.39 is 20.9 Å². The van der Waals surface area contributed by atoms with Crippen LogP contribution < -0.4 is 5.73 Å². The van der Waals surface area contributed by atoms with Crippen LogP contribution in [0.2, 0.25) is 0 Å². The molecule has 0 heterocycles. The zero-order chi connectivity index (χ0) is 12.3. The Morgan fingerprint density at radius 3 is 2.50 bits per heavy atom. The number of sulfone groups is 1. The molecule has 0 amide bonds. The molecule has 5 heteroatoms. The molecule has 0 radical (unpaired) electrons. The number of hydrogen-bond donors (Lipinski definition) is 1. The minimum atomic E-state index is -3.47. The van der Waals surface area contributed by atoms with Gasteiger partial charge < -0.3 is 5.73 Å². The van der Waals surface area contributed by atoms with Gasteiger partial charge in [-0.05, 0) is 31.5 Å². The molecule has 1 rings (SSSR count). The highest BCUT2D eigenvalue weighted by molar-refractivity contribution is 7.92. The molecule has 16 heavy (non-hydrogen) atoms. The van der Waals surface area contributed by atoms with Crippen molar-refractivity contribution in [2.75, 3.05) is 5.73 Å². The summed E-state index contributed by atoms with van der Waals surface area (Å²) in [5, 5.41) is -0.515. The average Bonchev–Trinajstić information content (AvgIpc) is 2.16. The van der Waals surface area contributed by atoms with E-state index in [9.17, 15) is 12.8 Å². The molecule has 3 nitrogen and oxygen atoms in total. The number of halogens is 1. The van der Waals surface area contributed by atoms with E-state index in [1.807, 2.05) is 6.92 Å². The van der Waals surface area contributed by atoms with Crippen LogP contribution in [0.25, 0.3) is 0 Å². The van der Waals surface area contributed by atoms with Gasteiger partial charge in [0.25, 0.3) is 0 Å². The zero-order valence-electron chi connectivity index (χ0n) is 9.40. The van der Waals surface area contributed by atoms with Crippen LogP contribution in [0.1, 0.15) is 26.7 Å². The summed E-state index contributed by atoms with van der Waals surface area (Å²) < 4.78 is 37.1. The second-order valence-electron chi connectivity index (χ2n) is 3.86. The quantitative estimate of drug-likeness (QED) is 0.828. The highest BCUT2D eigenvalue weighted by atomic mass is 32.2. The molecule has 0 spiro atoms. The smallest absolute Gasteiger partial charge is 0.181 e. The number of anilines is 1. The average molecular weight is 245 g/mol. The van der Waals surface area contributed by atoms with Crippen molar-refractivity contribution in [3.63, 3.8) is 0 Å². The first-order chi connectivity index (χ1) is 7.37. The summed E-state index contributed by atoms with van der Waals surface area (Å²) in [6.45, 7) is 3.53. The number of rotatable bonds is 4. The lowest BCUT2D eigenvalue weighted by Gasteiger charge is -2.12. The molecule has 0 fully saturated rings. The van der Waals surface area contributed by atoms with Crippen molar-refractivity contribution in [2.24, 2.45) is 0 Å². The summed E-state index contributed by atoms with van der Waals surface area (Å²) >= 11 is 0. The van der Waals surface area contributed by atoms with Crippen LogP contribution in [-0.2, 0) is 9.84 Å². The summed E-state index contributed by atoms with van der Waals surface area (Å²) in [6, 6.07) is 3.41. The Kier molecular flexibility index (Phi) is 3.91. The van der Waals surface area contributed by atoms with Crippen LogP contribution in [-0.4, -0.2) is 13.7 Å². The number of nitrogens with two attached hydrogens (primary N) is 1. The van der Waals surface area contributed by atoms with Gasteiger partial charge in [-0.2, -0.15) is 0 Å². The molecule has 2 N–H and O–H groups in total. The van der Waals surface area contributed by atoms with Crippen LogP contribution in [0.4, 0.5) is 10.1 Å². The highest BCUT2D eigenvalue weighted by Gasteiger charge is 2.23.